The second-order valence-electron chi connectivity index (χ2n) is 5.40. The third-order valence-electron chi connectivity index (χ3n) is 3.91. The first kappa shape index (κ1) is 13.1. The number of nitrogens with zero attached hydrogens (tertiary/aromatic N) is 4. The molecule has 1 amide bonds. The highest BCUT2D eigenvalue weighted by Crippen LogP contribution is 2.42. The van der Waals surface area contributed by atoms with Crippen LogP contribution in [0.5, 0.6) is 0 Å². The Labute approximate surface area is 116 Å². The summed E-state index contributed by atoms with van der Waals surface area (Å²) >= 11 is 0. The van der Waals surface area contributed by atoms with E-state index in [0.717, 1.165) is 25.7 Å². The Morgan fingerprint density at radius 3 is 3.10 bits per heavy atom. The van der Waals surface area contributed by atoms with E-state index in [2.05, 4.69) is 16.4 Å². The van der Waals surface area contributed by atoms with Crippen molar-refractivity contribution in [3.05, 3.63) is 18.3 Å². The lowest BCUT2D eigenvalue weighted by Crippen LogP contribution is -2.41. The van der Waals surface area contributed by atoms with E-state index in [9.17, 15) is 4.79 Å². The van der Waals surface area contributed by atoms with Crippen LogP contribution in [0.3, 0.4) is 0 Å². The lowest BCUT2D eigenvalue weighted by Gasteiger charge is -2.28. The van der Waals surface area contributed by atoms with E-state index in [1.807, 2.05) is 6.42 Å². The van der Waals surface area contributed by atoms with Gasteiger partial charge in [0.1, 0.15) is 6.10 Å². The van der Waals surface area contributed by atoms with Gasteiger partial charge in [-0.25, -0.2) is 4.68 Å². The molecule has 2 heterocycles. The molecule has 0 aromatic carbocycles. The van der Waals surface area contributed by atoms with E-state index in [1.54, 1.807) is 10.9 Å². The molecule has 105 valence electrons. The number of amides is 1. The van der Waals surface area contributed by atoms with E-state index in [-0.39, 0.29) is 5.92 Å². The maximum atomic E-state index is 11.4. The molecular formula is C13H16N5O2. The van der Waals surface area contributed by atoms with Gasteiger partial charge >= 0.3 is 0 Å². The number of aromatic nitrogens is 3. The second kappa shape index (κ2) is 4.87. The third-order valence-corrected chi connectivity index (χ3v) is 3.91. The minimum Gasteiger partial charge on any atom is -0.368 e. The van der Waals surface area contributed by atoms with Crippen molar-refractivity contribution in [1.82, 2.24) is 15.0 Å². The number of ether oxygens (including phenoxy) is 1. The topological polar surface area (TPSA) is 107 Å². The smallest absolute Gasteiger partial charge is 0.246 e. The highest BCUT2D eigenvalue weighted by molar-refractivity contribution is 5.79. The summed E-state index contributed by atoms with van der Waals surface area (Å²) < 4.78 is 7.03. The number of nitriles is 1. The van der Waals surface area contributed by atoms with Crippen LogP contribution in [0.1, 0.15) is 31.4 Å². The van der Waals surface area contributed by atoms with Gasteiger partial charge in [-0.15, -0.1) is 5.10 Å². The molecule has 1 radical (unpaired) electrons. The van der Waals surface area contributed by atoms with Gasteiger partial charge in [0, 0.05) is 18.9 Å². The summed E-state index contributed by atoms with van der Waals surface area (Å²) in [6.07, 6.45) is 6.37. The molecule has 2 fully saturated rings. The Balaban J connectivity index is 1.71. The van der Waals surface area contributed by atoms with E-state index in [1.165, 1.54) is 0 Å². The first-order valence-electron chi connectivity index (χ1n) is 6.74. The maximum Gasteiger partial charge on any atom is 0.246 e. The van der Waals surface area contributed by atoms with Gasteiger partial charge in [-0.3, -0.25) is 4.79 Å². The largest absolute Gasteiger partial charge is 0.368 e. The Morgan fingerprint density at radius 2 is 2.45 bits per heavy atom. The molecule has 1 aliphatic carbocycles. The monoisotopic (exact) mass is 274 g/mol. The van der Waals surface area contributed by atoms with Gasteiger partial charge in [0.05, 0.1) is 18.0 Å². The van der Waals surface area contributed by atoms with Crippen LogP contribution < -0.4 is 5.73 Å². The summed E-state index contributed by atoms with van der Waals surface area (Å²) in [6, 6.07) is 2.26. The molecule has 7 heteroatoms. The number of hydrogen-bond acceptors (Lipinski definition) is 5. The fraction of sp³-hybridized carbons (Fsp3) is 0.615. The molecule has 7 nitrogen and oxygen atoms in total. The summed E-state index contributed by atoms with van der Waals surface area (Å²) in [6.45, 7) is 0.558. The molecule has 1 unspecified atom stereocenters. The van der Waals surface area contributed by atoms with Crippen LogP contribution in [0.4, 0.5) is 0 Å². The molecule has 20 heavy (non-hydrogen) atoms. The van der Waals surface area contributed by atoms with Gasteiger partial charge in [-0.2, -0.15) is 5.26 Å². The summed E-state index contributed by atoms with van der Waals surface area (Å²) in [4.78, 5) is 11.4. The predicted molar refractivity (Wildman–Crippen MR) is 67.9 cm³/mol. The van der Waals surface area contributed by atoms with Crippen LogP contribution in [0, 0.1) is 23.7 Å². The zero-order valence-electron chi connectivity index (χ0n) is 11.0. The van der Waals surface area contributed by atoms with Crippen molar-refractivity contribution in [3.63, 3.8) is 0 Å². The normalized spacial score (nSPS) is 27.8. The molecule has 1 aliphatic heterocycles. The van der Waals surface area contributed by atoms with Crippen molar-refractivity contribution in [1.29, 1.82) is 5.26 Å². The molecule has 0 bridgehead atoms. The fourth-order valence-corrected chi connectivity index (χ4v) is 2.56. The minimum absolute atomic E-state index is 0.0800. The quantitative estimate of drug-likeness (QED) is 0.839. The Hall–Kier alpha value is -1.94. The second-order valence-corrected chi connectivity index (χ2v) is 5.40. The van der Waals surface area contributed by atoms with Crippen LogP contribution in [-0.2, 0) is 15.1 Å². The number of rotatable bonds is 4. The lowest BCUT2D eigenvalue weighted by atomic mass is 9.89. The van der Waals surface area contributed by atoms with Crippen molar-refractivity contribution in [3.8, 4) is 6.07 Å². The Morgan fingerprint density at radius 1 is 1.65 bits per heavy atom. The third kappa shape index (κ3) is 2.27. The molecule has 1 saturated heterocycles. The molecule has 1 aromatic heterocycles. The summed E-state index contributed by atoms with van der Waals surface area (Å²) in [5.74, 6) is -0.530. The highest BCUT2D eigenvalue weighted by Gasteiger charge is 2.46. The first-order valence-corrected chi connectivity index (χ1v) is 6.74. The van der Waals surface area contributed by atoms with E-state index >= 15 is 0 Å². The highest BCUT2D eigenvalue weighted by atomic mass is 16.5. The molecule has 2 N–H and O–H groups in total. The van der Waals surface area contributed by atoms with E-state index < -0.39 is 17.6 Å². The fourth-order valence-electron chi connectivity index (χ4n) is 2.56. The van der Waals surface area contributed by atoms with Crippen LogP contribution >= 0.6 is 0 Å². The number of carbonyl (C=O) groups excluding carboxylic acids is 1. The van der Waals surface area contributed by atoms with Crippen molar-refractivity contribution < 1.29 is 9.53 Å². The molecule has 3 rings (SSSR count). The van der Waals surface area contributed by atoms with Gasteiger partial charge in [0.25, 0.3) is 0 Å². The van der Waals surface area contributed by atoms with Gasteiger partial charge in [-0.05, 0) is 25.7 Å². The SMILES string of the molecule is N#CC1(n2cc([CH][C@H]3CCCOC3C(N)=O)nn2)CC1. The van der Waals surface area contributed by atoms with Crippen molar-refractivity contribution in [2.45, 2.75) is 37.3 Å². The van der Waals surface area contributed by atoms with Crippen molar-refractivity contribution >= 4 is 5.91 Å². The van der Waals surface area contributed by atoms with E-state index in [4.69, 9.17) is 15.7 Å². The van der Waals surface area contributed by atoms with Gasteiger partial charge in [0.15, 0.2) is 5.54 Å². The van der Waals surface area contributed by atoms with Gasteiger partial charge in [-0.1, -0.05) is 5.21 Å². The summed E-state index contributed by atoms with van der Waals surface area (Å²) in [5.41, 5.74) is 5.50. The molecular weight excluding hydrogens is 258 g/mol. The zero-order valence-corrected chi connectivity index (χ0v) is 11.0. The number of hydrogen-bond donors (Lipinski definition) is 1. The van der Waals surface area contributed by atoms with Crippen LogP contribution in [0.15, 0.2) is 6.20 Å². The molecule has 0 spiro atoms. The van der Waals surface area contributed by atoms with Crippen LogP contribution in [-0.4, -0.2) is 33.6 Å². The van der Waals surface area contributed by atoms with E-state index in [0.29, 0.717) is 12.3 Å². The Bertz CT molecular complexity index is 557. The lowest BCUT2D eigenvalue weighted by molar-refractivity contribution is -0.135. The van der Waals surface area contributed by atoms with Gasteiger partial charge < -0.3 is 10.5 Å². The summed E-state index contributed by atoms with van der Waals surface area (Å²) in [5, 5.41) is 17.2. The number of carbonyl (C=O) groups is 1. The van der Waals surface area contributed by atoms with Crippen LogP contribution in [0.2, 0.25) is 0 Å². The molecule has 1 aromatic rings. The number of nitrogens with two attached hydrogens (primary N) is 1. The van der Waals surface area contributed by atoms with Crippen LogP contribution in [0.25, 0.3) is 0 Å². The average Bonchev–Trinajstić information content (AvgIpc) is 3.12. The molecule has 1 saturated carbocycles. The molecule has 2 aliphatic rings. The average molecular weight is 274 g/mol. The minimum atomic E-state index is -0.597. The van der Waals surface area contributed by atoms with Gasteiger partial charge in [0.2, 0.25) is 5.91 Å². The predicted octanol–water partition coefficient (Wildman–Crippen LogP) is 0.124. The van der Waals surface area contributed by atoms with Crippen molar-refractivity contribution in [2.24, 2.45) is 11.7 Å². The standard InChI is InChI=1S/C13H16N5O2/c14-8-13(3-4-13)18-7-10(16-17-18)6-9-2-1-5-20-11(9)12(15)19/h6-7,9,11H,1-5H2,(H2,15,19)/t9-,11?/m1/s1. The number of primary amides is 1. The zero-order chi connectivity index (χ0) is 14.2. The maximum absolute atomic E-state index is 11.4. The first-order chi connectivity index (χ1) is 9.64. The molecule has 2 atom stereocenters. The van der Waals surface area contributed by atoms with Crippen molar-refractivity contribution in [2.75, 3.05) is 6.61 Å². The summed E-state index contributed by atoms with van der Waals surface area (Å²) in [7, 11) is 0. The Kier molecular flexibility index (Phi) is 3.18.